The van der Waals surface area contributed by atoms with E-state index in [0.29, 0.717) is 28.1 Å². The molecule has 0 aliphatic heterocycles. The van der Waals surface area contributed by atoms with Gasteiger partial charge in [0.05, 0.1) is 19.9 Å². The zero-order valence-electron chi connectivity index (χ0n) is 13.1. The Morgan fingerprint density at radius 1 is 1.21 bits per heavy atom. The summed E-state index contributed by atoms with van der Waals surface area (Å²) in [5.74, 6) is 3.59. The van der Waals surface area contributed by atoms with Crippen LogP contribution in [-0.4, -0.2) is 19.9 Å². The third kappa shape index (κ3) is 4.82. The molecule has 2 aromatic carbocycles. The predicted molar refractivity (Wildman–Crippen MR) is 98.2 cm³/mol. The van der Waals surface area contributed by atoms with Crippen molar-refractivity contribution in [1.29, 1.82) is 0 Å². The standard InChI is InChI=1S/C18H16Cl2N2O2/c1-3-9-24-17-8-7-13(10-18(17)23-2)11-21-22-12-14-15(19)5-4-6-16(14)20/h1,4-8,10-11,22H,9,12H2,2H3/b21-11+. The Morgan fingerprint density at radius 3 is 2.62 bits per heavy atom. The van der Waals surface area contributed by atoms with Crippen LogP contribution in [0, 0.1) is 12.3 Å². The van der Waals surface area contributed by atoms with Gasteiger partial charge in [-0.25, -0.2) is 0 Å². The lowest BCUT2D eigenvalue weighted by molar-refractivity contribution is 0.331. The third-order valence-corrected chi connectivity index (χ3v) is 3.83. The molecule has 0 saturated heterocycles. The molecule has 24 heavy (non-hydrogen) atoms. The molecule has 0 aliphatic carbocycles. The number of hydrogen-bond acceptors (Lipinski definition) is 4. The van der Waals surface area contributed by atoms with E-state index in [4.69, 9.17) is 39.1 Å². The van der Waals surface area contributed by atoms with Gasteiger partial charge in [-0.2, -0.15) is 5.10 Å². The topological polar surface area (TPSA) is 42.8 Å². The molecule has 0 fully saturated rings. The normalized spacial score (nSPS) is 10.4. The van der Waals surface area contributed by atoms with E-state index in [9.17, 15) is 0 Å². The van der Waals surface area contributed by atoms with Gasteiger partial charge in [-0.3, -0.25) is 0 Å². The van der Waals surface area contributed by atoms with Crippen molar-refractivity contribution in [2.24, 2.45) is 5.10 Å². The van der Waals surface area contributed by atoms with E-state index in [2.05, 4.69) is 16.4 Å². The second-order valence-electron chi connectivity index (χ2n) is 4.70. The molecule has 4 nitrogen and oxygen atoms in total. The van der Waals surface area contributed by atoms with Crippen LogP contribution in [0.5, 0.6) is 11.5 Å². The van der Waals surface area contributed by atoms with Gasteiger partial charge >= 0.3 is 0 Å². The van der Waals surface area contributed by atoms with Crippen molar-refractivity contribution in [2.75, 3.05) is 13.7 Å². The molecule has 6 heteroatoms. The molecule has 0 unspecified atom stereocenters. The van der Waals surface area contributed by atoms with Gasteiger partial charge in [0.25, 0.3) is 0 Å². The number of hydrogen-bond donors (Lipinski definition) is 1. The Labute approximate surface area is 151 Å². The summed E-state index contributed by atoms with van der Waals surface area (Å²) in [6.07, 6.45) is 6.85. The number of rotatable bonds is 7. The summed E-state index contributed by atoms with van der Waals surface area (Å²) in [5, 5.41) is 5.36. The van der Waals surface area contributed by atoms with Crippen LogP contribution in [-0.2, 0) is 6.54 Å². The van der Waals surface area contributed by atoms with Crippen LogP contribution in [0.4, 0.5) is 0 Å². The Bertz CT molecular complexity index is 750. The zero-order chi connectivity index (χ0) is 17.4. The van der Waals surface area contributed by atoms with Crippen LogP contribution >= 0.6 is 23.2 Å². The molecule has 1 N–H and O–H groups in total. The minimum Gasteiger partial charge on any atom is -0.493 e. The molecule has 0 atom stereocenters. The van der Waals surface area contributed by atoms with Crippen molar-refractivity contribution in [3.05, 3.63) is 57.6 Å². The first-order valence-electron chi connectivity index (χ1n) is 7.09. The van der Waals surface area contributed by atoms with Gasteiger partial charge in [-0.05, 0) is 35.9 Å². The van der Waals surface area contributed by atoms with Gasteiger partial charge < -0.3 is 14.9 Å². The minimum absolute atomic E-state index is 0.184. The maximum Gasteiger partial charge on any atom is 0.162 e. The quantitative estimate of drug-likeness (QED) is 0.457. The van der Waals surface area contributed by atoms with Crippen molar-refractivity contribution in [1.82, 2.24) is 5.43 Å². The van der Waals surface area contributed by atoms with Crippen molar-refractivity contribution in [3.8, 4) is 23.8 Å². The van der Waals surface area contributed by atoms with Gasteiger partial charge in [0.1, 0.15) is 6.61 Å². The van der Waals surface area contributed by atoms with E-state index in [1.807, 2.05) is 6.07 Å². The van der Waals surface area contributed by atoms with Gasteiger partial charge in [0, 0.05) is 15.6 Å². The number of halogens is 2. The number of nitrogens with one attached hydrogen (secondary N) is 1. The summed E-state index contributed by atoms with van der Waals surface area (Å²) in [6, 6.07) is 10.8. The maximum atomic E-state index is 6.10. The summed E-state index contributed by atoms with van der Waals surface area (Å²) >= 11 is 12.2. The van der Waals surface area contributed by atoms with Crippen molar-refractivity contribution in [2.45, 2.75) is 6.54 Å². The zero-order valence-corrected chi connectivity index (χ0v) is 14.6. The van der Waals surface area contributed by atoms with Gasteiger partial charge in [0.2, 0.25) is 0 Å². The molecule has 2 rings (SSSR count). The Morgan fingerprint density at radius 2 is 1.96 bits per heavy atom. The van der Waals surface area contributed by atoms with E-state index in [-0.39, 0.29) is 6.61 Å². The fourth-order valence-corrected chi connectivity index (χ4v) is 2.48. The molecule has 0 radical (unpaired) electrons. The predicted octanol–water partition coefficient (Wildman–Crippen LogP) is 4.14. The lowest BCUT2D eigenvalue weighted by atomic mass is 10.2. The summed E-state index contributed by atoms with van der Waals surface area (Å²) in [6.45, 7) is 0.611. The molecular formula is C18H16Cl2N2O2. The fourth-order valence-electron chi connectivity index (χ4n) is 1.95. The molecule has 0 amide bonds. The Kier molecular flexibility index (Phi) is 6.80. The van der Waals surface area contributed by atoms with Crippen LogP contribution in [0.1, 0.15) is 11.1 Å². The SMILES string of the molecule is C#CCOc1ccc(/C=N/NCc2c(Cl)cccc2Cl)cc1OC. The summed E-state index contributed by atoms with van der Waals surface area (Å²) in [4.78, 5) is 0. The molecule has 0 spiro atoms. The smallest absolute Gasteiger partial charge is 0.162 e. The Balaban J connectivity index is 2.00. The molecular weight excluding hydrogens is 347 g/mol. The largest absolute Gasteiger partial charge is 0.493 e. The van der Waals surface area contributed by atoms with Crippen LogP contribution in [0.25, 0.3) is 0 Å². The van der Waals surface area contributed by atoms with Crippen LogP contribution in [0.15, 0.2) is 41.5 Å². The summed E-state index contributed by atoms with van der Waals surface area (Å²) < 4.78 is 10.7. The monoisotopic (exact) mass is 362 g/mol. The van der Waals surface area contributed by atoms with Crippen molar-refractivity contribution >= 4 is 29.4 Å². The first-order valence-corrected chi connectivity index (χ1v) is 7.84. The Hall–Kier alpha value is -2.35. The number of ether oxygens (including phenoxy) is 2. The number of benzene rings is 2. The average molecular weight is 363 g/mol. The van der Waals surface area contributed by atoms with Gasteiger partial charge in [0.15, 0.2) is 11.5 Å². The molecule has 0 bridgehead atoms. The number of nitrogens with zero attached hydrogens (tertiary/aromatic N) is 1. The van der Waals surface area contributed by atoms with Crippen LogP contribution < -0.4 is 14.9 Å². The highest BCUT2D eigenvalue weighted by molar-refractivity contribution is 6.35. The van der Waals surface area contributed by atoms with Crippen LogP contribution in [0.3, 0.4) is 0 Å². The highest BCUT2D eigenvalue weighted by atomic mass is 35.5. The summed E-state index contributed by atoms with van der Waals surface area (Å²) in [7, 11) is 1.57. The second-order valence-corrected chi connectivity index (χ2v) is 5.51. The molecule has 2 aromatic rings. The molecule has 0 aromatic heterocycles. The fraction of sp³-hybridized carbons (Fsp3) is 0.167. The first-order chi connectivity index (χ1) is 11.7. The van der Waals surface area contributed by atoms with Crippen molar-refractivity contribution in [3.63, 3.8) is 0 Å². The van der Waals surface area contributed by atoms with E-state index in [0.717, 1.165) is 11.1 Å². The van der Waals surface area contributed by atoms with Crippen molar-refractivity contribution < 1.29 is 9.47 Å². The van der Waals surface area contributed by atoms with E-state index >= 15 is 0 Å². The minimum atomic E-state index is 0.184. The highest BCUT2D eigenvalue weighted by Gasteiger charge is 2.05. The molecule has 124 valence electrons. The average Bonchev–Trinajstić information content (AvgIpc) is 2.59. The van der Waals surface area contributed by atoms with Gasteiger partial charge in [-0.15, -0.1) is 6.42 Å². The lowest BCUT2D eigenvalue weighted by Gasteiger charge is -2.09. The number of methoxy groups -OCH3 is 1. The number of terminal acetylenes is 1. The first kappa shape index (κ1) is 18.0. The van der Waals surface area contributed by atoms with Crippen LogP contribution in [0.2, 0.25) is 10.0 Å². The molecule has 0 heterocycles. The highest BCUT2D eigenvalue weighted by Crippen LogP contribution is 2.27. The molecule has 0 saturated carbocycles. The van der Waals surface area contributed by atoms with E-state index in [1.54, 1.807) is 43.7 Å². The molecule has 0 aliphatic rings. The number of hydrazone groups is 1. The summed E-state index contributed by atoms with van der Waals surface area (Å²) in [5.41, 5.74) is 4.56. The third-order valence-electron chi connectivity index (χ3n) is 3.12. The van der Waals surface area contributed by atoms with E-state index < -0.39 is 0 Å². The second kappa shape index (κ2) is 9.07. The van der Waals surface area contributed by atoms with Gasteiger partial charge in [-0.1, -0.05) is 35.2 Å². The maximum absolute atomic E-state index is 6.10. The lowest BCUT2D eigenvalue weighted by Crippen LogP contribution is -2.06. The van der Waals surface area contributed by atoms with E-state index in [1.165, 1.54) is 0 Å².